The first kappa shape index (κ1) is 11.7. The third-order valence-electron chi connectivity index (χ3n) is 2.89. The van der Waals surface area contributed by atoms with Crippen LogP contribution in [0, 0.1) is 5.92 Å². The summed E-state index contributed by atoms with van der Waals surface area (Å²) in [6.07, 6.45) is 2.50. The van der Waals surface area contributed by atoms with Crippen LogP contribution in [0.15, 0.2) is 0 Å². The van der Waals surface area contributed by atoms with Gasteiger partial charge in [0, 0.05) is 5.75 Å². The molecule has 0 radical (unpaired) electrons. The van der Waals surface area contributed by atoms with E-state index in [0.717, 1.165) is 12.5 Å². The number of nitrogens with one attached hydrogen (secondary N) is 1. The molecule has 90 valence electrons. The predicted octanol–water partition coefficient (Wildman–Crippen LogP) is -0.0279. The van der Waals surface area contributed by atoms with Crippen LogP contribution in [0.25, 0.3) is 0 Å². The molecule has 5 nitrogen and oxygen atoms in total. The van der Waals surface area contributed by atoms with Gasteiger partial charge in [0.2, 0.25) is 5.91 Å². The van der Waals surface area contributed by atoms with Crippen molar-refractivity contribution in [3.8, 4) is 0 Å². The van der Waals surface area contributed by atoms with Crippen molar-refractivity contribution in [1.82, 2.24) is 10.2 Å². The number of hydrogen-bond donors (Lipinski definition) is 2. The molecule has 6 heteroatoms. The summed E-state index contributed by atoms with van der Waals surface area (Å²) in [7, 11) is 0. The lowest BCUT2D eigenvalue weighted by Gasteiger charge is -2.20. The quantitative estimate of drug-likeness (QED) is 0.711. The first-order valence-electron chi connectivity index (χ1n) is 5.49. The average Bonchev–Trinajstić information content (AvgIpc) is 2.93. The Bertz CT molecular complexity index is 294. The Kier molecular flexibility index (Phi) is 3.70. The van der Waals surface area contributed by atoms with Crippen molar-refractivity contribution in [2.24, 2.45) is 5.92 Å². The van der Waals surface area contributed by atoms with Crippen LogP contribution in [-0.2, 0) is 9.59 Å². The third kappa shape index (κ3) is 2.89. The molecule has 2 N–H and O–H groups in total. The standard InChI is InChI=1S/C10H16N2O3S/c13-9(4-11-3-7-1-2-7)12-6-16-5-8(12)10(14)15/h7-8,11H,1-6H2,(H,14,15)/t8-/m0/s1. The fourth-order valence-corrected chi connectivity index (χ4v) is 2.87. The number of thioether (sulfide) groups is 1. The van der Waals surface area contributed by atoms with E-state index in [1.165, 1.54) is 29.5 Å². The van der Waals surface area contributed by atoms with Crippen LogP contribution in [0.1, 0.15) is 12.8 Å². The zero-order chi connectivity index (χ0) is 11.5. The highest BCUT2D eigenvalue weighted by Crippen LogP contribution is 2.27. The molecule has 1 saturated carbocycles. The molecule has 2 aliphatic rings. The van der Waals surface area contributed by atoms with Crippen LogP contribution in [-0.4, -0.2) is 52.6 Å². The minimum atomic E-state index is -0.902. The van der Waals surface area contributed by atoms with E-state index in [-0.39, 0.29) is 12.5 Å². The van der Waals surface area contributed by atoms with Gasteiger partial charge in [-0.1, -0.05) is 0 Å². The first-order valence-corrected chi connectivity index (χ1v) is 6.64. The first-order chi connectivity index (χ1) is 7.68. The number of amides is 1. The van der Waals surface area contributed by atoms with Crippen molar-refractivity contribution in [3.63, 3.8) is 0 Å². The van der Waals surface area contributed by atoms with Gasteiger partial charge in [-0.3, -0.25) is 4.79 Å². The lowest BCUT2D eigenvalue weighted by atomic mass is 10.3. The molecule has 0 aromatic rings. The second-order valence-corrected chi connectivity index (χ2v) is 5.29. The van der Waals surface area contributed by atoms with E-state index in [0.29, 0.717) is 11.6 Å². The fourth-order valence-electron chi connectivity index (χ4n) is 1.70. The van der Waals surface area contributed by atoms with E-state index in [1.54, 1.807) is 0 Å². The van der Waals surface area contributed by atoms with Gasteiger partial charge in [0.1, 0.15) is 6.04 Å². The number of rotatable bonds is 5. The van der Waals surface area contributed by atoms with Crippen molar-refractivity contribution in [2.75, 3.05) is 24.7 Å². The van der Waals surface area contributed by atoms with E-state index >= 15 is 0 Å². The second kappa shape index (κ2) is 5.05. The topological polar surface area (TPSA) is 69.6 Å². The summed E-state index contributed by atoms with van der Waals surface area (Å²) in [6.45, 7) is 1.14. The van der Waals surface area contributed by atoms with Gasteiger partial charge in [-0.25, -0.2) is 4.79 Å². The SMILES string of the molecule is O=C(O)[C@@H]1CSCN1C(=O)CNCC1CC1. The molecule has 0 bridgehead atoms. The molecule has 1 aliphatic heterocycles. The van der Waals surface area contributed by atoms with Crippen LogP contribution < -0.4 is 5.32 Å². The van der Waals surface area contributed by atoms with Crippen LogP contribution in [0.5, 0.6) is 0 Å². The zero-order valence-corrected chi connectivity index (χ0v) is 9.83. The summed E-state index contributed by atoms with van der Waals surface area (Å²) in [4.78, 5) is 24.1. The molecular weight excluding hydrogens is 228 g/mol. The van der Waals surface area contributed by atoms with Crippen LogP contribution >= 0.6 is 11.8 Å². The Labute approximate surface area is 98.6 Å². The number of hydrogen-bond acceptors (Lipinski definition) is 4. The number of carbonyl (C=O) groups is 2. The Morgan fingerprint density at radius 2 is 2.19 bits per heavy atom. The molecule has 1 aliphatic carbocycles. The maximum absolute atomic E-state index is 11.7. The van der Waals surface area contributed by atoms with Crippen molar-refractivity contribution in [3.05, 3.63) is 0 Å². The van der Waals surface area contributed by atoms with Gasteiger partial charge in [-0.05, 0) is 25.3 Å². The summed E-state index contributed by atoms with van der Waals surface area (Å²) in [5.41, 5.74) is 0. The monoisotopic (exact) mass is 244 g/mol. The van der Waals surface area contributed by atoms with Gasteiger partial charge in [0.05, 0.1) is 12.4 Å². The molecule has 2 rings (SSSR count). The number of carboxylic acid groups (broad SMARTS) is 1. The Balaban J connectivity index is 1.75. The molecule has 1 atom stereocenters. The predicted molar refractivity (Wildman–Crippen MR) is 61.2 cm³/mol. The minimum Gasteiger partial charge on any atom is -0.480 e. The van der Waals surface area contributed by atoms with Crippen LogP contribution in [0.3, 0.4) is 0 Å². The summed E-state index contributed by atoms with van der Waals surface area (Å²) >= 11 is 1.50. The third-order valence-corrected chi connectivity index (χ3v) is 3.91. The van der Waals surface area contributed by atoms with Gasteiger partial charge in [-0.15, -0.1) is 11.8 Å². The highest BCUT2D eigenvalue weighted by atomic mass is 32.2. The van der Waals surface area contributed by atoms with Crippen molar-refractivity contribution in [2.45, 2.75) is 18.9 Å². The highest BCUT2D eigenvalue weighted by molar-refractivity contribution is 7.99. The Morgan fingerprint density at radius 1 is 1.44 bits per heavy atom. The Morgan fingerprint density at radius 3 is 2.81 bits per heavy atom. The Hall–Kier alpha value is -0.750. The summed E-state index contributed by atoms with van der Waals surface area (Å²) in [5, 5.41) is 12.0. The number of carboxylic acids is 1. The van der Waals surface area contributed by atoms with Crippen LogP contribution in [0.4, 0.5) is 0 Å². The number of aliphatic carboxylic acids is 1. The van der Waals surface area contributed by atoms with Gasteiger partial charge >= 0.3 is 5.97 Å². The van der Waals surface area contributed by atoms with E-state index in [4.69, 9.17) is 5.11 Å². The number of carbonyl (C=O) groups excluding carboxylic acids is 1. The van der Waals surface area contributed by atoms with E-state index in [1.807, 2.05) is 0 Å². The molecule has 1 amide bonds. The van der Waals surface area contributed by atoms with Crippen LogP contribution in [0.2, 0.25) is 0 Å². The molecule has 2 fully saturated rings. The smallest absolute Gasteiger partial charge is 0.327 e. The molecule has 0 aromatic carbocycles. The van der Waals surface area contributed by atoms with E-state index in [9.17, 15) is 9.59 Å². The summed E-state index contributed by atoms with van der Waals surface area (Å²) in [6, 6.07) is -0.639. The maximum atomic E-state index is 11.7. The highest BCUT2D eigenvalue weighted by Gasteiger charge is 2.34. The largest absolute Gasteiger partial charge is 0.480 e. The van der Waals surface area contributed by atoms with Crippen molar-refractivity contribution in [1.29, 1.82) is 0 Å². The molecule has 0 spiro atoms. The van der Waals surface area contributed by atoms with Crippen molar-refractivity contribution >= 4 is 23.6 Å². The summed E-state index contributed by atoms with van der Waals surface area (Å²) in [5.74, 6) is 0.736. The molecule has 0 aromatic heterocycles. The average molecular weight is 244 g/mol. The fraction of sp³-hybridized carbons (Fsp3) is 0.800. The van der Waals surface area contributed by atoms with Gasteiger partial charge in [-0.2, -0.15) is 0 Å². The van der Waals surface area contributed by atoms with E-state index < -0.39 is 12.0 Å². The second-order valence-electron chi connectivity index (χ2n) is 4.29. The van der Waals surface area contributed by atoms with E-state index in [2.05, 4.69) is 5.32 Å². The summed E-state index contributed by atoms with van der Waals surface area (Å²) < 4.78 is 0. The van der Waals surface area contributed by atoms with Gasteiger partial charge in [0.25, 0.3) is 0 Å². The zero-order valence-electron chi connectivity index (χ0n) is 9.02. The van der Waals surface area contributed by atoms with Crippen molar-refractivity contribution < 1.29 is 14.7 Å². The van der Waals surface area contributed by atoms with Gasteiger partial charge in [0.15, 0.2) is 0 Å². The molecule has 1 saturated heterocycles. The molecule has 1 heterocycles. The lowest BCUT2D eigenvalue weighted by molar-refractivity contribution is -0.147. The maximum Gasteiger partial charge on any atom is 0.327 e. The number of nitrogens with zero attached hydrogens (tertiary/aromatic N) is 1. The molecule has 0 unspecified atom stereocenters. The van der Waals surface area contributed by atoms with Gasteiger partial charge < -0.3 is 15.3 Å². The normalized spacial score (nSPS) is 24.8. The molecule has 16 heavy (non-hydrogen) atoms. The lowest BCUT2D eigenvalue weighted by Crippen LogP contribution is -2.45. The minimum absolute atomic E-state index is 0.0990. The molecular formula is C10H16N2O3S.